The molecule has 0 aliphatic heterocycles. The normalized spacial score (nSPS) is 11.1. The molecule has 18 heavy (non-hydrogen) atoms. The van der Waals surface area contributed by atoms with Gasteiger partial charge < -0.3 is 4.57 Å². The highest BCUT2D eigenvalue weighted by Gasteiger charge is 2.08. The lowest BCUT2D eigenvalue weighted by atomic mass is 10.2. The molecule has 0 amide bonds. The minimum atomic E-state index is 0.190. The van der Waals surface area contributed by atoms with Gasteiger partial charge in [-0.15, -0.1) is 11.3 Å². The van der Waals surface area contributed by atoms with Crippen molar-refractivity contribution in [2.45, 2.75) is 39.7 Å². The second kappa shape index (κ2) is 5.48. The molecule has 0 aromatic carbocycles. The van der Waals surface area contributed by atoms with Crippen molar-refractivity contribution in [3.63, 3.8) is 0 Å². The number of thiazole rings is 1. The molecule has 96 valence electrons. The SMILES string of the molecule is CCC(=O)c1ccn(Cc2csc(C(C)C)n2)c1. The Kier molecular flexibility index (Phi) is 3.97. The number of hydrogen-bond acceptors (Lipinski definition) is 3. The van der Waals surface area contributed by atoms with Gasteiger partial charge >= 0.3 is 0 Å². The molecular weight excluding hydrogens is 244 g/mol. The van der Waals surface area contributed by atoms with Gasteiger partial charge in [-0.3, -0.25) is 4.79 Å². The number of ketones is 1. The molecule has 4 heteroatoms. The molecule has 0 saturated carbocycles. The lowest BCUT2D eigenvalue weighted by Gasteiger charge is -2.00. The number of nitrogens with zero attached hydrogens (tertiary/aromatic N) is 2. The molecule has 0 aliphatic rings. The Morgan fingerprint density at radius 1 is 1.50 bits per heavy atom. The molecule has 0 N–H and O–H groups in total. The molecule has 2 aromatic rings. The minimum Gasteiger partial charge on any atom is -0.348 e. The Bertz CT molecular complexity index is 539. The summed E-state index contributed by atoms with van der Waals surface area (Å²) < 4.78 is 2.02. The summed E-state index contributed by atoms with van der Waals surface area (Å²) >= 11 is 1.70. The molecule has 0 unspecified atom stereocenters. The van der Waals surface area contributed by atoms with Crippen molar-refractivity contribution in [2.75, 3.05) is 0 Å². The van der Waals surface area contributed by atoms with Gasteiger partial charge in [0.25, 0.3) is 0 Å². The van der Waals surface area contributed by atoms with E-state index in [1.54, 1.807) is 11.3 Å². The van der Waals surface area contributed by atoms with Gasteiger partial charge in [0.15, 0.2) is 5.78 Å². The second-order valence-electron chi connectivity index (χ2n) is 4.68. The summed E-state index contributed by atoms with van der Waals surface area (Å²) in [6.07, 6.45) is 4.40. The number of hydrogen-bond donors (Lipinski definition) is 0. The Hall–Kier alpha value is -1.42. The van der Waals surface area contributed by atoms with E-state index in [1.165, 1.54) is 5.01 Å². The van der Waals surface area contributed by atoms with Gasteiger partial charge in [-0.05, 0) is 6.07 Å². The third-order valence-electron chi connectivity index (χ3n) is 2.80. The zero-order chi connectivity index (χ0) is 13.1. The van der Waals surface area contributed by atoms with Gasteiger partial charge in [0.05, 0.1) is 17.2 Å². The maximum atomic E-state index is 11.5. The highest BCUT2D eigenvalue weighted by atomic mass is 32.1. The van der Waals surface area contributed by atoms with Crippen LogP contribution in [0.1, 0.15) is 54.2 Å². The first-order valence-electron chi connectivity index (χ1n) is 6.23. The maximum absolute atomic E-state index is 11.5. The van der Waals surface area contributed by atoms with Crippen LogP contribution >= 0.6 is 11.3 Å². The largest absolute Gasteiger partial charge is 0.348 e. The van der Waals surface area contributed by atoms with Crippen LogP contribution in [-0.4, -0.2) is 15.3 Å². The molecule has 0 saturated heterocycles. The summed E-state index contributed by atoms with van der Waals surface area (Å²) in [6, 6.07) is 1.88. The number of rotatable bonds is 5. The summed E-state index contributed by atoms with van der Waals surface area (Å²) in [5.41, 5.74) is 1.85. The Morgan fingerprint density at radius 2 is 2.28 bits per heavy atom. The number of carbonyl (C=O) groups is 1. The van der Waals surface area contributed by atoms with Gasteiger partial charge in [0.2, 0.25) is 0 Å². The van der Waals surface area contributed by atoms with Crippen molar-refractivity contribution in [1.82, 2.24) is 9.55 Å². The molecule has 0 bridgehead atoms. The smallest absolute Gasteiger partial charge is 0.164 e. The molecule has 2 heterocycles. The summed E-state index contributed by atoms with van der Waals surface area (Å²) in [7, 11) is 0. The van der Waals surface area contributed by atoms with Gasteiger partial charge in [0.1, 0.15) is 0 Å². The molecule has 0 fully saturated rings. The number of Topliss-reactive ketones (excluding diaryl/α,β-unsaturated/α-hetero) is 1. The summed E-state index contributed by atoms with van der Waals surface area (Å²) in [6.45, 7) is 6.92. The minimum absolute atomic E-state index is 0.190. The van der Waals surface area contributed by atoms with E-state index >= 15 is 0 Å². The van der Waals surface area contributed by atoms with Crippen molar-refractivity contribution in [1.29, 1.82) is 0 Å². The van der Waals surface area contributed by atoms with E-state index in [0.717, 1.165) is 17.8 Å². The Labute approximate surface area is 111 Å². The molecule has 0 spiro atoms. The third-order valence-corrected chi connectivity index (χ3v) is 4.00. The van der Waals surface area contributed by atoms with E-state index < -0.39 is 0 Å². The second-order valence-corrected chi connectivity index (χ2v) is 5.57. The van der Waals surface area contributed by atoms with Crippen LogP contribution in [0.5, 0.6) is 0 Å². The highest BCUT2D eigenvalue weighted by molar-refractivity contribution is 7.09. The number of carbonyl (C=O) groups excluding carboxylic acids is 1. The van der Waals surface area contributed by atoms with Gasteiger partial charge in [-0.25, -0.2) is 4.98 Å². The molecule has 2 rings (SSSR count). The van der Waals surface area contributed by atoms with Crippen LogP contribution in [0.25, 0.3) is 0 Å². The maximum Gasteiger partial charge on any atom is 0.164 e. The third kappa shape index (κ3) is 2.88. The van der Waals surface area contributed by atoms with Crippen LogP contribution < -0.4 is 0 Å². The molecule has 3 nitrogen and oxygen atoms in total. The van der Waals surface area contributed by atoms with Crippen molar-refractivity contribution in [3.8, 4) is 0 Å². The number of aromatic nitrogens is 2. The first-order valence-corrected chi connectivity index (χ1v) is 7.11. The Morgan fingerprint density at radius 3 is 2.89 bits per heavy atom. The topological polar surface area (TPSA) is 34.9 Å². The van der Waals surface area contributed by atoms with Crippen LogP contribution in [0.15, 0.2) is 23.8 Å². The lowest BCUT2D eigenvalue weighted by Crippen LogP contribution is -1.99. The fraction of sp³-hybridized carbons (Fsp3) is 0.429. The monoisotopic (exact) mass is 262 g/mol. The van der Waals surface area contributed by atoms with Gasteiger partial charge in [-0.1, -0.05) is 20.8 Å². The van der Waals surface area contributed by atoms with E-state index in [4.69, 9.17) is 0 Å². The van der Waals surface area contributed by atoms with Crippen molar-refractivity contribution >= 4 is 17.1 Å². The van der Waals surface area contributed by atoms with Crippen molar-refractivity contribution < 1.29 is 4.79 Å². The predicted octanol–water partition coefficient (Wildman–Crippen LogP) is 3.71. The molecule has 0 atom stereocenters. The molecule has 2 aromatic heterocycles. The zero-order valence-corrected chi connectivity index (χ0v) is 11.8. The predicted molar refractivity (Wildman–Crippen MR) is 74.4 cm³/mol. The van der Waals surface area contributed by atoms with Crippen molar-refractivity contribution in [3.05, 3.63) is 40.1 Å². The Balaban J connectivity index is 2.08. The van der Waals surface area contributed by atoms with Crippen molar-refractivity contribution in [2.24, 2.45) is 0 Å². The molecule has 0 aliphatic carbocycles. The van der Waals surface area contributed by atoms with Crippen LogP contribution in [0, 0.1) is 0 Å². The highest BCUT2D eigenvalue weighted by Crippen LogP contribution is 2.19. The van der Waals surface area contributed by atoms with E-state index in [-0.39, 0.29) is 5.78 Å². The van der Waals surface area contributed by atoms with E-state index in [0.29, 0.717) is 12.3 Å². The standard InChI is InChI=1S/C14H18N2OS/c1-4-13(17)11-5-6-16(7-11)8-12-9-18-14(15-12)10(2)3/h5-7,9-10H,4,8H2,1-3H3. The molecule has 0 radical (unpaired) electrons. The van der Waals surface area contributed by atoms with E-state index in [2.05, 4.69) is 24.2 Å². The van der Waals surface area contributed by atoms with Crippen LogP contribution in [-0.2, 0) is 6.54 Å². The average Bonchev–Trinajstić information content (AvgIpc) is 2.98. The molecular formula is C14H18N2OS. The summed E-state index contributed by atoms with van der Waals surface area (Å²) in [4.78, 5) is 16.1. The van der Waals surface area contributed by atoms with E-state index in [1.807, 2.05) is 30.0 Å². The van der Waals surface area contributed by atoms with Gasteiger partial charge in [-0.2, -0.15) is 0 Å². The van der Waals surface area contributed by atoms with E-state index in [9.17, 15) is 4.79 Å². The first kappa shape index (κ1) is 13.0. The average molecular weight is 262 g/mol. The lowest BCUT2D eigenvalue weighted by molar-refractivity contribution is 0.0988. The fourth-order valence-electron chi connectivity index (χ4n) is 1.76. The summed E-state index contributed by atoms with van der Waals surface area (Å²) in [5.74, 6) is 0.667. The van der Waals surface area contributed by atoms with Gasteiger partial charge in [0, 0.05) is 35.7 Å². The van der Waals surface area contributed by atoms with Crippen LogP contribution in [0.3, 0.4) is 0 Å². The zero-order valence-electron chi connectivity index (χ0n) is 11.0. The quantitative estimate of drug-likeness (QED) is 0.770. The first-order chi connectivity index (χ1) is 8.60. The van der Waals surface area contributed by atoms with Crippen LogP contribution in [0.2, 0.25) is 0 Å². The summed E-state index contributed by atoms with van der Waals surface area (Å²) in [5, 5.41) is 3.26. The fourth-order valence-corrected chi connectivity index (χ4v) is 2.58. The van der Waals surface area contributed by atoms with Crippen LogP contribution in [0.4, 0.5) is 0 Å².